The lowest BCUT2D eigenvalue weighted by Gasteiger charge is -2.03. The molecule has 1 aromatic carbocycles. The summed E-state index contributed by atoms with van der Waals surface area (Å²) in [5.41, 5.74) is 0.335. The fourth-order valence-electron chi connectivity index (χ4n) is 1.23. The summed E-state index contributed by atoms with van der Waals surface area (Å²) in [5.74, 6) is 6.23. The molecular weight excluding hydrogens is 206 g/mol. The van der Waals surface area contributed by atoms with Crippen LogP contribution in [0, 0.1) is 4.91 Å². The van der Waals surface area contributed by atoms with Crippen LogP contribution in [0.3, 0.4) is 0 Å². The van der Waals surface area contributed by atoms with E-state index in [1.807, 2.05) is 0 Å². The van der Waals surface area contributed by atoms with Crippen molar-refractivity contribution >= 4 is 5.69 Å². The quantitative estimate of drug-likeness (QED) is 0.485. The highest BCUT2D eigenvalue weighted by Crippen LogP contribution is 2.23. The average Bonchev–Trinajstić information content (AvgIpc) is 2.30. The van der Waals surface area contributed by atoms with Crippen molar-refractivity contribution in [3.8, 4) is 11.5 Å². The number of ether oxygens (including phenoxy) is 1. The lowest BCUT2D eigenvalue weighted by atomic mass is 10.3. The number of nitrogens with two attached hydrogens (primary N) is 1. The maximum atomic E-state index is 10.9. The zero-order valence-corrected chi connectivity index (χ0v) is 8.41. The number of hydrogen-bond acceptors (Lipinski definition) is 3. The number of pyridine rings is 1. The summed E-state index contributed by atoms with van der Waals surface area (Å²) in [7, 11) is 0. The van der Waals surface area contributed by atoms with E-state index in [1.54, 1.807) is 48.8 Å². The smallest absolute Gasteiger partial charge is 0.295 e. The third kappa shape index (κ3) is 2.33. The summed E-state index contributed by atoms with van der Waals surface area (Å²) in [6.07, 6.45) is 3.24. The number of hydrogen-bond donors (Lipinski definition) is 1. The molecule has 5 nitrogen and oxygen atoms in total. The molecule has 0 aliphatic heterocycles. The lowest BCUT2D eigenvalue weighted by Crippen LogP contribution is -2.08. The number of rotatable bonds is 3. The summed E-state index contributed by atoms with van der Waals surface area (Å²) in [6, 6.07) is 10.1. The van der Waals surface area contributed by atoms with E-state index in [-0.39, 0.29) is 4.87 Å². The van der Waals surface area contributed by atoms with Crippen LogP contribution in [0.4, 0.5) is 5.69 Å². The summed E-state index contributed by atoms with van der Waals surface area (Å²) in [5, 5.41) is 0. The van der Waals surface area contributed by atoms with Gasteiger partial charge >= 0.3 is 0 Å². The van der Waals surface area contributed by atoms with E-state index in [1.165, 1.54) is 0 Å². The first-order valence-electron chi connectivity index (χ1n) is 4.65. The number of nitroso groups, excluding NO2 is 1. The topological polar surface area (TPSA) is 68.2 Å². The van der Waals surface area contributed by atoms with Gasteiger partial charge in [0, 0.05) is 12.3 Å². The Morgan fingerprint density at radius 3 is 2.69 bits per heavy atom. The highest BCUT2D eigenvalue weighted by molar-refractivity contribution is 5.39. The van der Waals surface area contributed by atoms with E-state index in [2.05, 4.69) is 4.98 Å². The van der Waals surface area contributed by atoms with Crippen LogP contribution in [-0.4, -0.2) is 9.85 Å². The largest absolute Gasteiger partial charge is 0.455 e. The molecule has 0 saturated heterocycles. The van der Waals surface area contributed by atoms with Crippen LogP contribution in [0.2, 0.25) is 0 Å². The van der Waals surface area contributed by atoms with Crippen molar-refractivity contribution in [2.45, 2.75) is 0 Å². The van der Waals surface area contributed by atoms with Crippen LogP contribution in [0.15, 0.2) is 48.8 Å². The highest BCUT2D eigenvalue weighted by atomic mass is 16.5. The zero-order valence-electron chi connectivity index (χ0n) is 8.41. The molecule has 0 bridgehead atoms. The maximum Gasteiger partial charge on any atom is 0.295 e. The molecule has 2 rings (SSSR count). The van der Waals surface area contributed by atoms with Gasteiger partial charge in [-0.15, -0.1) is 0 Å². The number of aromatic nitrogens is 1. The summed E-state index contributed by atoms with van der Waals surface area (Å²) >= 11 is 0. The monoisotopic (exact) mass is 216 g/mol. The third-order valence-corrected chi connectivity index (χ3v) is 1.94. The van der Waals surface area contributed by atoms with Gasteiger partial charge in [-0.1, -0.05) is 6.07 Å². The van der Waals surface area contributed by atoms with Crippen LogP contribution in [0.25, 0.3) is 0 Å². The van der Waals surface area contributed by atoms with E-state index in [9.17, 15) is 4.91 Å². The fourth-order valence-corrected chi connectivity index (χ4v) is 1.23. The molecular formula is C11H10N3O2+. The van der Waals surface area contributed by atoms with Gasteiger partial charge in [-0.2, -0.15) is 5.84 Å². The van der Waals surface area contributed by atoms with E-state index in [0.717, 1.165) is 0 Å². The molecule has 0 radical (unpaired) electrons. The Labute approximate surface area is 92.0 Å². The zero-order chi connectivity index (χ0) is 11.4. The maximum absolute atomic E-state index is 10.9. The Hall–Kier alpha value is -2.43. The van der Waals surface area contributed by atoms with Crippen molar-refractivity contribution < 1.29 is 9.61 Å². The summed E-state index contributed by atoms with van der Waals surface area (Å²) in [4.78, 5) is 15.1. The molecule has 80 valence electrons. The van der Waals surface area contributed by atoms with Crippen molar-refractivity contribution in [3.05, 3.63) is 53.7 Å². The first kappa shape index (κ1) is 10.1. The second kappa shape index (κ2) is 4.39. The Morgan fingerprint density at radius 2 is 2.00 bits per heavy atom. The number of benzene rings is 1. The number of hydrazine groups is 1. The SMILES string of the molecule is N[N+](=O)c1cccc(Oc2cccnc2)c1. The standard InChI is InChI=1S/C11H10N3O2/c12-14(15)9-3-1-4-10(7-9)16-11-5-2-6-13-8-11/h1-8H,(H2,12,15)/q+1. The van der Waals surface area contributed by atoms with Gasteiger partial charge in [0.1, 0.15) is 11.5 Å². The first-order chi connectivity index (χ1) is 7.75. The third-order valence-electron chi connectivity index (χ3n) is 1.94. The molecule has 5 heteroatoms. The minimum atomic E-state index is 0.288. The van der Waals surface area contributed by atoms with Crippen molar-refractivity contribution in [2.24, 2.45) is 5.84 Å². The molecule has 0 spiro atoms. The van der Waals surface area contributed by atoms with E-state index in [0.29, 0.717) is 17.2 Å². The second-order valence-corrected chi connectivity index (χ2v) is 3.11. The van der Waals surface area contributed by atoms with Crippen molar-refractivity contribution in [3.63, 3.8) is 0 Å². The summed E-state index contributed by atoms with van der Waals surface area (Å²) in [6.45, 7) is 0. The summed E-state index contributed by atoms with van der Waals surface area (Å²) < 4.78 is 5.49. The van der Waals surface area contributed by atoms with Gasteiger partial charge in [0.15, 0.2) is 4.87 Å². The molecule has 0 aliphatic rings. The molecule has 2 aromatic rings. The fraction of sp³-hybridized carbons (Fsp3) is 0. The molecule has 0 amide bonds. The molecule has 1 heterocycles. The van der Waals surface area contributed by atoms with Gasteiger partial charge in [0.05, 0.1) is 17.2 Å². The number of nitrogens with zero attached hydrogens (tertiary/aromatic N) is 2. The highest BCUT2D eigenvalue weighted by Gasteiger charge is 2.09. The Balaban J connectivity index is 2.22. The Kier molecular flexibility index (Phi) is 2.77. The van der Waals surface area contributed by atoms with Crippen LogP contribution in [-0.2, 0) is 0 Å². The molecule has 1 aromatic heterocycles. The van der Waals surface area contributed by atoms with Gasteiger partial charge in [0.2, 0.25) is 0 Å². The molecule has 2 N–H and O–H groups in total. The van der Waals surface area contributed by atoms with Gasteiger partial charge in [0.25, 0.3) is 5.69 Å². The van der Waals surface area contributed by atoms with Crippen molar-refractivity contribution in [1.82, 2.24) is 4.98 Å². The lowest BCUT2D eigenvalue weighted by molar-refractivity contribution is -0.474. The molecule has 0 aliphatic carbocycles. The van der Waals surface area contributed by atoms with Gasteiger partial charge in [-0.05, 0) is 18.2 Å². The van der Waals surface area contributed by atoms with E-state index >= 15 is 0 Å². The molecule has 0 saturated carbocycles. The van der Waals surface area contributed by atoms with Crippen LogP contribution in [0.5, 0.6) is 11.5 Å². The predicted octanol–water partition coefficient (Wildman–Crippen LogP) is 2.16. The van der Waals surface area contributed by atoms with Gasteiger partial charge < -0.3 is 4.74 Å². The predicted molar refractivity (Wildman–Crippen MR) is 58.2 cm³/mol. The van der Waals surface area contributed by atoms with Crippen molar-refractivity contribution in [2.75, 3.05) is 0 Å². The van der Waals surface area contributed by atoms with Crippen molar-refractivity contribution in [1.29, 1.82) is 0 Å². The Bertz CT molecular complexity index is 500. The second-order valence-electron chi connectivity index (χ2n) is 3.11. The van der Waals surface area contributed by atoms with Crippen LogP contribution >= 0.6 is 0 Å². The van der Waals surface area contributed by atoms with Gasteiger partial charge in [-0.3, -0.25) is 4.98 Å². The van der Waals surface area contributed by atoms with Crippen LogP contribution < -0.4 is 10.6 Å². The molecule has 0 atom stereocenters. The normalized spacial score (nSPS) is 9.75. The Morgan fingerprint density at radius 1 is 1.19 bits per heavy atom. The minimum absolute atomic E-state index is 0.288. The minimum Gasteiger partial charge on any atom is -0.455 e. The van der Waals surface area contributed by atoms with Gasteiger partial charge in [-0.25, -0.2) is 0 Å². The average molecular weight is 216 g/mol. The molecule has 0 fully saturated rings. The van der Waals surface area contributed by atoms with E-state index in [4.69, 9.17) is 10.6 Å². The molecule has 0 unspecified atom stereocenters. The molecule has 16 heavy (non-hydrogen) atoms. The van der Waals surface area contributed by atoms with Crippen LogP contribution in [0.1, 0.15) is 0 Å². The van der Waals surface area contributed by atoms with E-state index < -0.39 is 0 Å². The first-order valence-corrected chi connectivity index (χ1v) is 4.65.